The van der Waals surface area contributed by atoms with Gasteiger partial charge in [-0.15, -0.1) is 5.10 Å². The lowest BCUT2D eigenvalue weighted by atomic mass is 9.87. The van der Waals surface area contributed by atoms with E-state index in [0.717, 1.165) is 54.5 Å². The molecule has 0 atom stereocenters. The standard InChI is InChI=1S/C23H23FN4O2S.2C23H25N5O2S.C22H23N5O2S/c1-15-13-22(28(26-15)20-9-5-8-19-17(20)7-6-12-25-19)27-31(29,30)21-11-10-16(14-18(21)24)23(2,3)4;1-15-14-21(27-31(29,30)17-10-8-16(9-11-17)23(2,3)4)28(26-15)20-7-5-6-19-18(20)12-13-25-22(19)24;1-15-14-22(27-31(29,30)17-10-8-16(9-11-17)23(2,3)4)28(26-15)20-7-5-6-19-18(20)12-13-21(24)25-19;1-15-13-20(26-30(28,29)18-11-9-17(10-12-18)22(2,3)4)27(25-15)21-19-8-6-5-7-16(19)14-23-24-21/h5-14,27H,1-4H3;2*5-14,27H,1-4H3,(H2,24,25);5-14,26H,1-4H3. The van der Waals surface area contributed by atoms with Crippen LogP contribution in [0.15, 0.2) is 263 Å². The lowest BCUT2D eigenvalue weighted by Gasteiger charge is -2.20. The van der Waals surface area contributed by atoms with E-state index < -0.39 is 50.8 Å². The highest BCUT2D eigenvalue weighted by Crippen LogP contribution is 2.36. The molecule has 634 valence electrons. The van der Waals surface area contributed by atoms with Crippen molar-refractivity contribution in [1.29, 1.82) is 0 Å². The summed E-state index contributed by atoms with van der Waals surface area (Å²) < 4.78 is 136. The van der Waals surface area contributed by atoms with Gasteiger partial charge in [-0.3, -0.25) is 23.9 Å². The largest absolute Gasteiger partial charge is 0.384 e. The summed E-state index contributed by atoms with van der Waals surface area (Å²) in [5.41, 5.74) is 21.4. The zero-order valence-corrected chi connectivity index (χ0v) is 74.1. The van der Waals surface area contributed by atoms with Crippen LogP contribution >= 0.6 is 0 Å². The predicted octanol–water partition coefficient (Wildman–Crippen LogP) is 18.0. The van der Waals surface area contributed by atoms with E-state index in [-0.39, 0.29) is 42.2 Å². The molecule has 27 nitrogen and oxygen atoms in total. The molecule has 0 aliphatic rings. The fourth-order valence-corrected chi connectivity index (χ4v) is 17.7. The highest BCUT2D eigenvalue weighted by molar-refractivity contribution is 7.93. The van der Waals surface area contributed by atoms with E-state index in [0.29, 0.717) is 85.8 Å². The summed E-state index contributed by atoms with van der Waals surface area (Å²) >= 11 is 0. The number of pyridine rings is 3. The lowest BCUT2D eigenvalue weighted by Crippen LogP contribution is -2.18. The highest BCUT2D eigenvalue weighted by Gasteiger charge is 2.29. The maximum atomic E-state index is 14.8. The zero-order chi connectivity index (χ0) is 88.7. The van der Waals surface area contributed by atoms with Crippen LogP contribution in [-0.4, -0.2) is 97.9 Å². The van der Waals surface area contributed by atoms with Crippen LogP contribution in [0.3, 0.4) is 0 Å². The molecule has 0 fully saturated rings. The van der Waals surface area contributed by atoms with Crippen molar-refractivity contribution in [1.82, 2.24) is 64.3 Å². The molecule has 0 aliphatic carbocycles. The highest BCUT2D eigenvalue weighted by atomic mass is 32.2. The van der Waals surface area contributed by atoms with Gasteiger partial charge in [0.15, 0.2) is 5.82 Å². The molecule has 8 N–H and O–H groups in total. The molecular weight excluding hydrogens is 1630 g/mol. The van der Waals surface area contributed by atoms with Gasteiger partial charge in [-0.2, -0.15) is 30.2 Å². The summed E-state index contributed by atoms with van der Waals surface area (Å²) in [6.45, 7) is 31.8. The van der Waals surface area contributed by atoms with Crippen molar-refractivity contribution in [2.45, 2.75) is 152 Å². The van der Waals surface area contributed by atoms with E-state index >= 15 is 0 Å². The fraction of sp³-hybridized carbons (Fsp3) is 0.220. The second-order valence-corrected chi connectivity index (χ2v) is 40.4. The molecule has 0 saturated heterocycles. The normalized spacial score (nSPS) is 12.3. The monoisotopic (exact) mass is 1730 g/mol. The molecule has 0 saturated carbocycles. The molecule has 0 spiro atoms. The molecule has 16 rings (SSSR count). The van der Waals surface area contributed by atoms with E-state index in [1.807, 2.05) is 168 Å². The Labute approximate surface area is 715 Å². The molecule has 8 aromatic carbocycles. The van der Waals surface area contributed by atoms with Gasteiger partial charge in [-0.25, -0.2) is 62.1 Å². The molecule has 32 heteroatoms. The third-order valence-corrected chi connectivity index (χ3v) is 25.6. The molecule has 0 unspecified atom stereocenters. The number of hydrogen-bond donors (Lipinski definition) is 6. The summed E-state index contributed by atoms with van der Waals surface area (Å²) in [7, 11) is -15.6. The molecule has 0 radical (unpaired) electrons. The second-order valence-electron chi connectivity index (χ2n) is 33.7. The summed E-state index contributed by atoms with van der Waals surface area (Å²) in [6, 6.07) is 65.1. The molecule has 0 bridgehead atoms. The average Bonchev–Trinajstić information content (AvgIpc) is 1.72. The van der Waals surface area contributed by atoms with Gasteiger partial charge < -0.3 is 11.5 Å². The second kappa shape index (κ2) is 34.0. The third-order valence-electron chi connectivity index (χ3n) is 20.1. The van der Waals surface area contributed by atoms with Gasteiger partial charge in [-0.05, 0) is 181 Å². The van der Waals surface area contributed by atoms with Crippen molar-refractivity contribution >= 4 is 118 Å². The number of sulfonamides is 4. The number of nitrogens with zero attached hydrogens (tertiary/aromatic N) is 13. The average molecular weight is 1730 g/mol. The molecular formula is C91H96FN19O8S4. The number of nitrogens with two attached hydrogens (primary N) is 2. The van der Waals surface area contributed by atoms with E-state index in [2.05, 4.69) is 127 Å². The van der Waals surface area contributed by atoms with Crippen LogP contribution in [0.1, 0.15) is 128 Å². The van der Waals surface area contributed by atoms with E-state index in [9.17, 15) is 38.1 Å². The zero-order valence-electron chi connectivity index (χ0n) is 70.8. The summed E-state index contributed by atoms with van der Waals surface area (Å²) in [5, 5.41) is 31.1. The van der Waals surface area contributed by atoms with Gasteiger partial charge in [0.2, 0.25) is 0 Å². The van der Waals surface area contributed by atoms with Crippen LogP contribution in [0.25, 0.3) is 66.2 Å². The Morgan fingerprint density at radius 1 is 0.350 bits per heavy atom. The van der Waals surface area contributed by atoms with E-state index in [1.165, 1.54) is 21.5 Å². The SMILES string of the molecule is Cc1cc(NS(=O)(=O)c2ccc(C(C)(C)C)cc2)n(-c2cccc3c(N)nccc23)n1.Cc1cc(NS(=O)(=O)c2ccc(C(C)(C)C)cc2)n(-c2cccc3nc(N)ccc23)n1.Cc1cc(NS(=O)(=O)c2ccc(C(C)(C)C)cc2)n(-c2nncc3ccccc23)n1.Cc1cc(NS(=O)(=O)c2ccc(C(C)(C)C)cc2F)n(-c2cccc3ncccc23)n1. The topological polar surface area (TPSA) is 372 Å². The van der Waals surface area contributed by atoms with Crippen molar-refractivity contribution in [2.75, 3.05) is 30.4 Å². The Kier molecular flexibility index (Phi) is 24.2. The number of hydrogen-bond acceptors (Lipinski definition) is 19. The van der Waals surface area contributed by atoms with Gasteiger partial charge >= 0.3 is 0 Å². The quantitative estimate of drug-likeness (QED) is 0.0523. The minimum absolute atomic E-state index is 0.0571. The van der Waals surface area contributed by atoms with Crippen LogP contribution in [0.4, 0.5) is 39.3 Å². The number of rotatable bonds is 16. The Hall–Kier alpha value is -13.3. The first-order valence-corrected chi connectivity index (χ1v) is 45.1. The Balaban J connectivity index is 0.000000141. The molecule has 8 heterocycles. The number of halogens is 1. The van der Waals surface area contributed by atoms with Crippen LogP contribution in [-0.2, 0) is 61.8 Å². The number of fused-ring (bicyclic) bond motifs is 4. The van der Waals surface area contributed by atoms with Crippen LogP contribution < -0.4 is 30.4 Å². The Bertz CT molecular complexity index is 7140. The van der Waals surface area contributed by atoms with Crippen LogP contribution in [0, 0.1) is 33.5 Å². The van der Waals surface area contributed by atoms with Gasteiger partial charge in [0.05, 0.1) is 71.8 Å². The fourth-order valence-electron chi connectivity index (χ4n) is 13.5. The van der Waals surface area contributed by atoms with Crippen molar-refractivity contribution in [3.8, 4) is 22.9 Å². The first-order valence-electron chi connectivity index (χ1n) is 39.2. The summed E-state index contributed by atoms with van der Waals surface area (Å²) in [4.78, 5) is 13.0. The van der Waals surface area contributed by atoms with Gasteiger partial charge in [0, 0.05) is 69.0 Å². The van der Waals surface area contributed by atoms with Crippen molar-refractivity contribution in [2.24, 2.45) is 0 Å². The number of aryl methyl sites for hydroxylation is 4. The van der Waals surface area contributed by atoms with Crippen LogP contribution in [0.5, 0.6) is 0 Å². The molecule has 8 aromatic heterocycles. The van der Waals surface area contributed by atoms with E-state index in [4.69, 9.17) is 11.5 Å². The Morgan fingerprint density at radius 2 is 0.740 bits per heavy atom. The van der Waals surface area contributed by atoms with Crippen LogP contribution in [0.2, 0.25) is 0 Å². The molecule has 16 aromatic rings. The number of benzene rings is 8. The summed E-state index contributed by atoms with van der Waals surface area (Å²) in [6.07, 6.45) is 4.97. The molecule has 0 amide bonds. The maximum absolute atomic E-state index is 14.8. The Morgan fingerprint density at radius 3 is 1.20 bits per heavy atom. The predicted molar refractivity (Wildman–Crippen MR) is 485 cm³/mol. The van der Waals surface area contributed by atoms with E-state index in [1.54, 1.807) is 121 Å². The number of aromatic nitrogens is 13. The van der Waals surface area contributed by atoms with Crippen molar-refractivity contribution in [3.05, 3.63) is 294 Å². The first-order chi connectivity index (χ1) is 57.8. The van der Waals surface area contributed by atoms with Gasteiger partial charge in [0.1, 0.15) is 45.6 Å². The maximum Gasteiger partial charge on any atom is 0.265 e. The van der Waals surface area contributed by atoms with Gasteiger partial charge in [0.25, 0.3) is 40.1 Å². The number of nitrogens with one attached hydrogen (secondary N) is 4. The van der Waals surface area contributed by atoms with Crippen molar-refractivity contribution in [3.63, 3.8) is 0 Å². The number of nitrogen functional groups attached to an aromatic ring is 2. The number of anilines is 6. The first kappa shape index (κ1) is 87.5. The van der Waals surface area contributed by atoms with Gasteiger partial charge in [-0.1, -0.05) is 174 Å². The lowest BCUT2D eigenvalue weighted by molar-refractivity contribution is 0.550. The smallest absolute Gasteiger partial charge is 0.265 e. The molecule has 123 heavy (non-hydrogen) atoms. The minimum Gasteiger partial charge on any atom is -0.384 e. The molecule has 0 aliphatic heterocycles. The summed E-state index contributed by atoms with van der Waals surface area (Å²) in [5.74, 6) is 1.71. The van der Waals surface area contributed by atoms with Crippen molar-refractivity contribution < 1.29 is 38.1 Å². The third kappa shape index (κ3) is 19.7. The minimum atomic E-state index is -4.18.